The molecule has 1 amide bonds. The minimum atomic E-state index is -0.572. The zero-order chi connectivity index (χ0) is 19.7. The molecule has 4 rings (SSSR count). The fraction of sp³-hybridized carbons (Fsp3) is 0.364. The zero-order valence-electron chi connectivity index (χ0n) is 16.1. The van der Waals surface area contributed by atoms with E-state index in [1.165, 1.54) is 11.3 Å². The molecule has 0 atom stereocenters. The van der Waals surface area contributed by atoms with Crippen LogP contribution < -0.4 is 10.1 Å². The summed E-state index contributed by atoms with van der Waals surface area (Å²) in [6.45, 7) is 5.12. The van der Waals surface area contributed by atoms with Gasteiger partial charge in [0.15, 0.2) is 11.5 Å². The lowest BCUT2D eigenvalue weighted by atomic mass is 9.91. The number of thiophene rings is 1. The number of rotatable bonds is 3. The number of para-hydroxylation sites is 1. The van der Waals surface area contributed by atoms with Gasteiger partial charge in [0.25, 0.3) is 5.91 Å². The van der Waals surface area contributed by atoms with Crippen molar-refractivity contribution in [2.24, 2.45) is 5.92 Å². The van der Waals surface area contributed by atoms with E-state index in [0.717, 1.165) is 21.9 Å². The van der Waals surface area contributed by atoms with Crippen molar-refractivity contribution in [3.8, 4) is 5.75 Å². The summed E-state index contributed by atoms with van der Waals surface area (Å²) in [5.41, 5.74) is 1.13. The zero-order valence-corrected chi connectivity index (χ0v) is 16.9. The van der Waals surface area contributed by atoms with Crippen LogP contribution in [0, 0.1) is 5.92 Å². The third kappa shape index (κ3) is 3.83. The smallest absolute Gasteiger partial charge is 0.263 e. The topological polar surface area (TPSA) is 58.6 Å². The number of hydrogen-bond acceptors (Lipinski definition) is 5. The van der Waals surface area contributed by atoms with Crippen molar-refractivity contribution >= 4 is 28.7 Å². The number of benzene rings is 1. The quantitative estimate of drug-likeness (QED) is 0.799. The van der Waals surface area contributed by atoms with Gasteiger partial charge in [0, 0.05) is 30.6 Å². The van der Waals surface area contributed by atoms with Crippen molar-refractivity contribution in [1.29, 1.82) is 0 Å². The van der Waals surface area contributed by atoms with Gasteiger partial charge in [0.1, 0.15) is 5.75 Å². The van der Waals surface area contributed by atoms with E-state index in [-0.39, 0.29) is 17.6 Å². The van der Waals surface area contributed by atoms with E-state index in [2.05, 4.69) is 5.32 Å². The predicted octanol–water partition coefficient (Wildman–Crippen LogP) is 3.93. The molecule has 0 unspecified atom stereocenters. The van der Waals surface area contributed by atoms with Gasteiger partial charge in [0.2, 0.25) is 0 Å². The minimum absolute atomic E-state index is 0.0557. The third-order valence-corrected chi connectivity index (χ3v) is 6.04. The average molecular weight is 397 g/mol. The summed E-state index contributed by atoms with van der Waals surface area (Å²) >= 11 is 1.46. The van der Waals surface area contributed by atoms with Crippen molar-refractivity contribution < 1.29 is 14.3 Å². The Morgan fingerprint density at radius 2 is 1.93 bits per heavy atom. The number of amides is 1. The van der Waals surface area contributed by atoms with Crippen LogP contribution in [0.1, 0.15) is 41.9 Å². The number of ketones is 1. The van der Waals surface area contributed by atoms with Crippen molar-refractivity contribution in [1.82, 2.24) is 10.2 Å². The van der Waals surface area contributed by atoms with Gasteiger partial charge in [-0.3, -0.25) is 9.59 Å². The Morgan fingerprint density at radius 3 is 2.64 bits per heavy atom. The molecule has 3 heterocycles. The number of nitrogens with one attached hydrogen (secondary N) is 1. The Labute approximate surface area is 169 Å². The number of fused-ring (bicyclic) bond motifs is 1. The Morgan fingerprint density at radius 1 is 1.18 bits per heavy atom. The Hall–Kier alpha value is -2.60. The average Bonchev–Trinajstić information content (AvgIpc) is 3.21. The molecule has 0 bridgehead atoms. The van der Waals surface area contributed by atoms with E-state index in [1.54, 1.807) is 6.08 Å². The molecule has 0 aliphatic carbocycles. The molecule has 0 saturated carbocycles. The molecule has 28 heavy (non-hydrogen) atoms. The first-order valence-electron chi connectivity index (χ1n) is 9.58. The summed E-state index contributed by atoms with van der Waals surface area (Å²) in [7, 11) is 0. The van der Waals surface area contributed by atoms with Crippen LogP contribution in [0.5, 0.6) is 5.75 Å². The van der Waals surface area contributed by atoms with E-state index in [1.807, 2.05) is 60.5 Å². The second kappa shape index (κ2) is 7.43. The Kier molecular flexibility index (Phi) is 4.98. The first kappa shape index (κ1) is 18.7. The lowest BCUT2D eigenvalue weighted by Gasteiger charge is -2.36. The fourth-order valence-electron chi connectivity index (χ4n) is 3.77. The highest BCUT2D eigenvalue weighted by atomic mass is 32.1. The molecule has 2 aromatic rings. The Bertz CT molecular complexity index is 910. The van der Waals surface area contributed by atoms with E-state index >= 15 is 0 Å². The summed E-state index contributed by atoms with van der Waals surface area (Å²) in [5.74, 6) is 0.903. The number of likely N-dealkylation sites (tertiary alicyclic amines) is 1. The van der Waals surface area contributed by atoms with Gasteiger partial charge in [-0.05, 0) is 50.3 Å². The van der Waals surface area contributed by atoms with Gasteiger partial charge in [-0.25, -0.2) is 0 Å². The molecule has 146 valence electrons. The first-order chi connectivity index (χ1) is 13.4. The molecule has 1 fully saturated rings. The number of piperidine rings is 1. The second-order valence-electron chi connectivity index (χ2n) is 7.74. The molecular formula is C22H24N2O3S. The molecule has 1 aromatic heterocycles. The van der Waals surface area contributed by atoms with Crippen LogP contribution in [-0.2, 0) is 4.79 Å². The van der Waals surface area contributed by atoms with Gasteiger partial charge in [-0.2, -0.15) is 0 Å². The molecule has 2 aliphatic rings. The van der Waals surface area contributed by atoms with Gasteiger partial charge < -0.3 is 15.0 Å². The highest BCUT2D eigenvalue weighted by Gasteiger charge is 2.31. The summed E-state index contributed by atoms with van der Waals surface area (Å²) in [5, 5.41) is 5.23. The van der Waals surface area contributed by atoms with E-state index in [9.17, 15) is 9.59 Å². The largest absolute Gasteiger partial charge is 0.468 e. The number of carbonyl (C=O) groups excluding carboxylic acids is 2. The third-order valence-electron chi connectivity index (χ3n) is 5.18. The summed E-state index contributed by atoms with van der Waals surface area (Å²) in [6, 6.07) is 11.5. The fourth-order valence-corrected chi connectivity index (χ4v) is 4.46. The molecule has 5 nitrogen and oxygen atoms in total. The molecular weight excluding hydrogens is 372 g/mol. The number of ether oxygens (including phenoxy) is 1. The standard InChI is InChI=1S/C22H24N2O3S/c1-22(2)23-17(16-6-3-4-7-19(16)27-22)14-18(25)15-9-11-24(12-10-15)21(26)20-8-5-13-28-20/h3-8,13-15,23H,9-12H2,1-2H3/b17-14+. The maximum absolute atomic E-state index is 12.9. The van der Waals surface area contributed by atoms with Gasteiger partial charge in [0.05, 0.1) is 10.6 Å². The lowest BCUT2D eigenvalue weighted by Crippen LogP contribution is -2.47. The van der Waals surface area contributed by atoms with Gasteiger partial charge >= 0.3 is 0 Å². The minimum Gasteiger partial charge on any atom is -0.468 e. The lowest BCUT2D eigenvalue weighted by molar-refractivity contribution is -0.119. The van der Waals surface area contributed by atoms with E-state index in [4.69, 9.17) is 4.74 Å². The van der Waals surface area contributed by atoms with E-state index < -0.39 is 5.72 Å². The monoisotopic (exact) mass is 396 g/mol. The summed E-state index contributed by atoms with van der Waals surface area (Å²) in [4.78, 5) is 28.0. The highest BCUT2D eigenvalue weighted by molar-refractivity contribution is 7.12. The van der Waals surface area contributed by atoms with Crippen LogP contribution in [0.4, 0.5) is 0 Å². The predicted molar refractivity (Wildman–Crippen MR) is 110 cm³/mol. The van der Waals surface area contributed by atoms with Gasteiger partial charge in [-0.1, -0.05) is 18.2 Å². The molecule has 2 aliphatic heterocycles. The highest BCUT2D eigenvalue weighted by Crippen LogP contribution is 2.33. The van der Waals surface area contributed by atoms with E-state index in [0.29, 0.717) is 25.9 Å². The van der Waals surface area contributed by atoms with Crippen LogP contribution in [0.2, 0.25) is 0 Å². The van der Waals surface area contributed by atoms with Gasteiger partial charge in [-0.15, -0.1) is 11.3 Å². The maximum Gasteiger partial charge on any atom is 0.263 e. The van der Waals surface area contributed by atoms with Crippen molar-refractivity contribution in [2.75, 3.05) is 13.1 Å². The maximum atomic E-state index is 12.9. The summed E-state index contributed by atoms with van der Waals surface area (Å²) < 4.78 is 5.95. The van der Waals surface area contributed by atoms with Crippen LogP contribution in [-0.4, -0.2) is 35.4 Å². The molecule has 1 N–H and O–H groups in total. The van der Waals surface area contributed by atoms with Crippen molar-refractivity contribution in [2.45, 2.75) is 32.4 Å². The molecule has 6 heteroatoms. The molecule has 0 spiro atoms. The Balaban J connectivity index is 1.45. The van der Waals surface area contributed by atoms with Crippen molar-refractivity contribution in [3.63, 3.8) is 0 Å². The molecule has 1 aromatic carbocycles. The number of allylic oxidation sites excluding steroid dienone is 1. The van der Waals surface area contributed by atoms with Crippen LogP contribution >= 0.6 is 11.3 Å². The SMILES string of the molecule is CC1(C)N/C(=C/C(=O)C2CCN(C(=O)c3cccs3)CC2)c2ccccc2O1. The number of hydrogen-bond donors (Lipinski definition) is 1. The second-order valence-corrected chi connectivity index (χ2v) is 8.69. The van der Waals surface area contributed by atoms with Crippen LogP contribution in [0.25, 0.3) is 5.70 Å². The molecule has 0 radical (unpaired) electrons. The number of carbonyl (C=O) groups is 2. The number of nitrogens with zero attached hydrogens (tertiary/aromatic N) is 1. The first-order valence-corrected chi connectivity index (χ1v) is 10.5. The molecule has 1 saturated heterocycles. The van der Waals surface area contributed by atoms with Crippen LogP contribution in [0.15, 0.2) is 47.9 Å². The summed E-state index contributed by atoms with van der Waals surface area (Å²) in [6.07, 6.45) is 3.10. The normalized spacial score (nSPS) is 20.2. The van der Waals surface area contributed by atoms with Crippen molar-refractivity contribution in [3.05, 3.63) is 58.3 Å². The van der Waals surface area contributed by atoms with Crippen LogP contribution in [0.3, 0.4) is 0 Å².